The van der Waals surface area contributed by atoms with Gasteiger partial charge in [0.25, 0.3) is 7.82 Å². The Balaban J connectivity index is 3.99. The Morgan fingerprint density at radius 3 is 0.978 bits per heavy atom. The van der Waals surface area contributed by atoms with E-state index in [9.17, 15) is 19.4 Å². The minimum atomic E-state index is -4.62. The van der Waals surface area contributed by atoms with E-state index in [1.165, 1.54) is 327 Å². The van der Waals surface area contributed by atoms with Crippen LogP contribution in [0.3, 0.4) is 0 Å². The summed E-state index contributed by atoms with van der Waals surface area (Å²) in [6.07, 6.45) is 99.6. The molecule has 530 valence electrons. The number of nitrogens with one attached hydrogen (secondary N) is 1. The largest absolute Gasteiger partial charge is 0.756 e. The first-order valence-electron chi connectivity index (χ1n) is 39.7. The molecule has 2 N–H and O–H groups in total. The molecule has 0 heterocycles. The van der Waals surface area contributed by atoms with Gasteiger partial charge in [-0.25, -0.2) is 0 Å². The van der Waals surface area contributed by atoms with Crippen LogP contribution in [0.1, 0.15) is 399 Å². The zero-order valence-corrected chi connectivity index (χ0v) is 61.8. The number of hydrogen-bond acceptors (Lipinski definition) is 6. The molecule has 0 aromatic rings. The van der Waals surface area contributed by atoms with Gasteiger partial charge in [-0.15, -0.1) is 0 Å². The van der Waals surface area contributed by atoms with Gasteiger partial charge in [0.05, 0.1) is 39.9 Å². The Labute approximate surface area is 562 Å². The van der Waals surface area contributed by atoms with Crippen molar-refractivity contribution in [3.63, 3.8) is 0 Å². The summed E-state index contributed by atoms with van der Waals surface area (Å²) >= 11 is 0. The number of phosphoric acid groups is 1. The van der Waals surface area contributed by atoms with Crippen LogP contribution in [0.5, 0.6) is 0 Å². The van der Waals surface area contributed by atoms with E-state index in [-0.39, 0.29) is 12.5 Å². The molecule has 0 fully saturated rings. The zero-order chi connectivity index (χ0) is 65.5. The van der Waals surface area contributed by atoms with Crippen molar-refractivity contribution in [1.29, 1.82) is 0 Å². The third-order valence-corrected chi connectivity index (χ3v) is 19.2. The zero-order valence-electron chi connectivity index (χ0n) is 60.9. The lowest BCUT2D eigenvalue weighted by atomic mass is 10.0. The molecule has 0 spiro atoms. The molecule has 0 saturated carbocycles. The smallest absolute Gasteiger partial charge is 0.268 e. The van der Waals surface area contributed by atoms with Crippen molar-refractivity contribution in [2.75, 3.05) is 40.9 Å². The van der Waals surface area contributed by atoms with Gasteiger partial charge in [0.1, 0.15) is 13.2 Å². The highest BCUT2D eigenvalue weighted by molar-refractivity contribution is 7.45. The third kappa shape index (κ3) is 73.6. The first-order valence-corrected chi connectivity index (χ1v) is 41.1. The second-order valence-corrected chi connectivity index (χ2v) is 29.8. The number of likely N-dealkylation sites (N-methyl/N-ethyl adjacent to an activating group) is 1. The molecule has 0 rings (SSSR count). The predicted octanol–water partition coefficient (Wildman–Crippen LogP) is 25.3. The van der Waals surface area contributed by atoms with Gasteiger partial charge in [0.2, 0.25) is 5.91 Å². The van der Waals surface area contributed by atoms with E-state index in [0.29, 0.717) is 17.4 Å². The number of carbonyl (C=O) groups is 1. The normalized spacial score (nSPS) is 13.8. The molecule has 0 saturated heterocycles. The van der Waals surface area contributed by atoms with Crippen LogP contribution >= 0.6 is 7.82 Å². The first kappa shape index (κ1) is 88.2. The summed E-state index contributed by atoms with van der Waals surface area (Å²) in [6, 6.07) is -0.906. The minimum Gasteiger partial charge on any atom is -0.756 e. The fourth-order valence-corrected chi connectivity index (χ4v) is 12.8. The van der Waals surface area contributed by atoms with Crippen molar-refractivity contribution in [2.45, 2.75) is 411 Å². The molecular weight excluding hydrogens is 1130 g/mol. The SMILES string of the molecule is CCCCCCC/C=C\C/C=C\C/C=C\CCCCCCCCCCCCCCCCCCCCCCCCC(=O)NC(COP(=O)([O-])OCC[N+](C)(C)C)C(O)/C=C/CC/C=C/CCCCCCCCCCCCCCCCCCCCCCCCCCC. The fraction of sp³-hybridized carbons (Fsp3) is 0.864. The van der Waals surface area contributed by atoms with Crippen molar-refractivity contribution < 1.29 is 32.9 Å². The van der Waals surface area contributed by atoms with E-state index < -0.39 is 26.6 Å². The third-order valence-electron chi connectivity index (χ3n) is 18.2. The average Bonchev–Trinajstić information content (AvgIpc) is 3.18. The summed E-state index contributed by atoms with van der Waals surface area (Å²) in [5.74, 6) is -0.200. The molecule has 0 aromatic carbocycles. The number of phosphoric ester groups is 1. The molecule has 0 aliphatic carbocycles. The van der Waals surface area contributed by atoms with Crippen LogP contribution in [0.15, 0.2) is 60.8 Å². The quantitative estimate of drug-likeness (QED) is 0.0272. The van der Waals surface area contributed by atoms with Crippen molar-refractivity contribution in [2.24, 2.45) is 0 Å². The average molecular weight is 1280 g/mol. The molecule has 0 radical (unpaired) electrons. The molecule has 9 heteroatoms. The predicted molar refractivity (Wildman–Crippen MR) is 394 cm³/mol. The van der Waals surface area contributed by atoms with Crippen LogP contribution in [-0.2, 0) is 18.4 Å². The Hall–Kier alpha value is -1.80. The van der Waals surface area contributed by atoms with E-state index in [1.54, 1.807) is 6.08 Å². The van der Waals surface area contributed by atoms with Gasteiger partial charge in [0.15, 0.2) is 0 Å². The van der Waals surface area contributed by atoms with Crippen LogP contribution < -0.4 is 10.2 Å². The standard InChI is InChI=1S/C81H155N2O6P/c1-6-8-10-12-14-16-18-20-22-24-26-28-30-32-34-36-38-39-40-41-42-43-45-47-49-51-53-55-57-59-61-63-65-67-69-71-73-75-81(85)82-79(78-89-90(86,87)88-77-76-83(3,4)5)80(84)74-72-70-68-66-64-62-60-58-56-54-52-50-48-46-44-37-35-33-31-29-27-25-23-21-19-17-15-13-11-9-7-2/h18,20,24,26,30,32,64,66,72,74,79-80,84H,6-17,19,21-23,25,27-29,31,33-63,65,67-71,73,75-78H2,1-5H3,(H-,82,85,86,87)/b20-18-,26-24-,32-30-,66-64+,74-72+. The van der Waals surface area contributed by atoms with Crippen LogP contribution in [0.2, 0.25) is 0 Å². The lowest BCUT2D eigenvalue weighted by molar-refractivity contribution is -0.870. The molecule has 3 atom stereocenters. The van der Waals surface area contributed by atoms with Crippen LogP contribution in [0, 0.1) is 0 Å². The highest BCUT2D eigenvalue weighted by atomic mass is 31.2. The summed E-state index contributed by atoms with van der Waals surface area (Å²) in [5.41, 5.74) is 0. The Bertz CT molecular complexity index is 1650. The molecule has 0 aliphatic rings. The highest BCUT2D eigenvalue weighted by Crippen LogP contribution is 2.38. The lowest BCUT2D eigenvalue weighted by Crippen LogP contribution is -2.45. The summed E-state index contributed by atoms with van der Waals surface area (Å²) in [7, 11) is 1.26. The number of carbonyl (C=O) groups excluding carboxylic acids is 1. The summed E-state index contributed by atoms with van der Waals surface area (Å²) in [5, 5.41) is 14.0. The summed E-state index contributed by atoms with van der Waals surface area (Å²) < 4.78 is 23.5. The number of aliphatic hydroxyl groups is 1. The lowest BCUT2D eigenvalue weighted by Gasteiger charge is -2.29. The van der Waals surface area contributed by atoms with Gasteiger partial charge >= 0.3 is 0 Å². The topological polar surface area (TPSA) is 108 Å². The second kappa shape index (κ2) is 71.5. The fourth-order valence-electron chi connectivity index (χ4n) is 12.1. The summed E-state index contributed by atoms with van der Waals surface area (Å²) in [4.78, 5) is 25.7. The summed E-state index contributed by atoms with van der Waals surface area (Å²) in [6.45, 7) is 4.67. The van der Waals surface area contributed by atoms with Gasteiger partial charge < -0.3 is 28.8 Å². The van der Waals surface area contributed by atoms with E-state index in [1.807, 2.05) is 27.2 Å². The minimum absolute atomic E-state index is 0.00552. The molecule has 0 bridgehead atoms. The van der Waals surface area contributed by atoms with Gasteiger partial charge in [-0.2, -0.15) is 0 Å². The van der Waals surface area contributed by atoms with E-state index in [4.69, 9.17) is 9.05 Å². The second-order valence-electron chi connectivity index (χ2n) is 28.4. The number of unbranched alkanes of at least 4 members (excludes halogenated alkanes) is 53. The van der Waals surface area contributed by atoms with Gasteiger partial charge in [-0.1, -0.05) is 383 Å². The van der Waals surface area contributed by atoms with E-state index in [2.05, 4.69) is 67.8 Å². The maximum Gasteiger partial charge on any atom is 0.268 e. The Morgan fingerprint density at radius 2 is 0.656 bits per heavy atom. The number of rotatable bonds is 74. The number of quaternary nitrogens is 1. The number of allylic oxidation sites excluding steroid dienone is 9. The Morgan fingerprint density at radius 1 is 0.389 bits per heavy atom. The van der Waals surface area contributed by atoms with Crippen molar-refractivity contribution in [1.82, 2.24) is 5.32 Å². The van der Waals surface area contributed by atoms with E-state index >= 15 is 0 Å². The molecule has 90 heavy (non-hydrogen) atoms. The Kier molecular flexibility index (Phi) is 70.1. The van der Waals surface area contributed by atoms with Gasteiger partial charge in [0, 0.05) is 6.42 Å². The highest BCUT2D eigenvalue weighted by Gasteiger charge is 2.23. The van der Waals surface area contributed by atoms with Crippen LogP contribution in [0.4, 0.5) is 0 Å². The number of amides is 1. The first-order chi connectivity index (χ1) is 44.0. The van der Waals surface area contributed by atoms with Gasteiger partial charge in [-0.3, -0.25) is 9.36 Å². The number of hydrogen-bond donors (Lipinski definition) is 2. The molecule has 0 aromatic heterocycles. The van der Waals surface area contributed by atoms with E-state index in [0.717, 1.165) is 51.4 Å². The molecule has 0 aliphatic heterocycles. The number of aliphatic hydroxyl groups excluding tert-OH is 1. The van der Waals surface area contributed by atoms with Crippen molar-refractivity contribution in [3.05, 3.63) is 60.8 Å². The van der Waals surface area contributed by atoms with Crippen molar-refractivity contribution in [3.8, 4) is 0 Å². The molecule has 3 unspecified atom stereocenters. The molecule has 1 amide bonds. The number of nitrogens with zero attached hydrogens (tertiary/aromatic N) is 1. The maximum absolute atomic E-state index is 13.1. The van der Waals surface area contributed by atoms with Gasteiger partial charge in [-0.05, 0) is 70.6 Å². The van der Waals surface area contributed by atoms with Crippen LogP contribution in [0.25, 0.3) is 0 Å². The molecule has 8 nitrogen and oxygen atoms in total. The monoisotopic (exact) mass is 1280 g/mol. The molecular formula is C81H155N2O6P. The van der Waals surface area contributed by atoms with Crippen molar-refractivity contribution >= 4 is 13.7 Å². The van der Waals surface area contributed by atoms with Crippen LogP contribution in [-0.4, -0.2) is 68.5 Å². The maximum atomic E-state index is 13.1.